The van der Waals surface area contributed by atoms with Crippen LogP contribution in [-0.2, 0) is 11.4 Å². The smallest absolute Gasteiger partial charge is 0.341 e. The largest absolute Gasteiger partial charge is 0.493 e. The number of nitrogens with one attached hydrogen (secondary N) is 1. The van der Waals surface area contributed by atoms with Gasteiger partial charge in [0.25, 0.3) is 0 Å². The van der Waals surface area contributed by atoms with E-state index in [1.807, 2.05) is 43.3 Å². The number of ether oxygens (including phenoxy) is 2. The number of rotatable bonds is 6. The van der Waals surface area contributed by atoms with Crippen LogP contribution in [0.3, 0.4) is 0 Å². The second kappa shape index (κ2) is 8.12. The molecule has 0 spiro atoms. The van der Waals surface area contributed by atoms with Gasteiger partial charge in [-0.15, -0.1) is 0 Å². The van der Waals surface area contributed by atoms with Gasteiger partial charge in [0, 0.05) is 5.71 Å². The Morgan fingerprint density at radius 3 is 2.57 bits per heavy atom. The highest BCUT2D eigenvalue weighted by molar-refractivity contribution is 6.07. The van der Waals surface area contributed by atoms with E-state index < -0.39 is 24.0 Å². The van der Waals surface area contributed by atoms with Gasteiger partial charge in [-0.25, -0.2) is 9.79 Å². The molecule has 1 heterocycles. The van der Waals surface area contributed by atoms with E-state index in [0.717, 1.165) is 11.1 Å². The van der Waals surface area contributed by atoms with Gasteiger partial charge in [0.15, 0.2) is 11.5 Å². The first-order chi connectivity index (χ1) is 13.4. The minimum Gasteiger partial charge on any atom is -0.493 e. The van der Waals surface area contributed by atoms with Crippen molar-refractivity contribution in [3.8, 4) is 11.5 Å². The number of carbonyl (C=O) groups excluding carboxylic acids is 1. The molecular formula is C21H22N2O5. The first-order valence-corrected chi connectivity index (χ1v) is 8.84. The molecule has 7 nitrogen and oxygen atoms in total. The lowest BCUT2D eigenvalue weighted by Crippen LogP contribution is -2.43. The molecular weight excluding hydrogens is 360 g/mol. The third-order valence-corrected chi connectivity index (χ3v) is 4.67. The van der Waals surface area contributed by atoms with Crippen molar-refractivity contribution < 1.29 is 24.2 Å². The molecule has 2 aromatic carbocycles. The van der Waals surface area contributed by atoms with Crippen LogP contribution in [0.4, 0.5) is 4.79 Å². The number of aryl methyl sites for hydroxylation is 1. The number of benzene rings is 2. The van der Waals surface area contributed by atoms with E-state index in [2.05, 4.69) is 10.3 Å². The van der Waals surface area contributed by atoms with Crippen LogP contribution < -0.4 is 14.8 Å². The zero-order valence-electron chi connectivity index (χ0n) is 15.9. The molecule has 1 aliphatic rings. The van der Waals surface area contributed by atoms with Crippen LogP contribution in [-0.4, -0.2) is 29.9 Å². The molecule has 7 heteroatoms. The topological polar surface area (TPSA) is 97.2 Å². The molecule has 0 radical (unpaired) electrons. The second-order valence-corrected chi connectivity index (χ2v) is 6.64. The predicted octanol–water partition coefficient (Wildman–Crippen LogP) is 3.51. The highest BCUT2D eigenvalue weighted by Crippen LogP contribution is 2.37. The molecule has 2 aromatic rings. The molecule has 0 saturated heterocycles. The summed E-state index contributed by atoms with van der Waals surface area (Å²) in [5.41, 5.74) is 2.69. The first kappa shape index (κ1) is 19.4. The minimum atomic E-state index is -1.05. The quantitative estimate of drug-likeness (QED) is 0.797. The minimum absolute atomic E-state index is 0.266. The van der Waals surface area contributed by atoms with Gasteiger partial charge in [0.05, 0.1) is 13.2 Å². The lowest BCUT2D eigenvalue weighted by molar-refractivity contribution is -0.140. The number of aliphatic imine (C=N–C) groups is 1. The maximum atomic E-state index is 11.8. The molecule has 2 unspecified atom stereocenters. The number of hydrogen-bond acceptors (Lipinski definition) is 4. The molecule has 2 amide bonds. The fraction of sp³-hybridized carbons (Fsp3) is 0.286. The van der Waals surface area contributed by atoms with Crippen molar-refractivity contribution in [2.24, 2.45) is 10.9 Å². The number of amides is 2. The maximum absolute atomic E-state index is 11.8. The number of carbonyl (C=O) groups is 2. The Morgan fingerprint density at radius 1 is 1.21 bits per heavy atom. The average molecular weight is 382 g/mol. The van der Waals surface area contributed by atoms with Crippen LogP contribution in [0.25, 0.3) is 0 Å². The molecule has 1 aliphatic heterocycles. The van der Waals surface area contributed by atoms with Gasteiger partial charge in [-0.2, -0.15) is 0 Å². The Bertz CT molecular complexity index is 924. The van der Waals surface area contributed by atoms with Crippen LogP contribution >= 0.6 is 0 Å². The molecule has 0 bridgehead atoms. The average Bonchev–Trinajstić information content (AvgIpc) is 2.66. The summed E-state index contributed by atoms with van der Waals surface area (Å²) >= 11 is 0. The van der Waals surface area contributed by atoms with Crippen LogP contribution in [0.5, 0.6) is 11.5 Å². The molecule has 0 saturated carbocycles. The summed E-state index contributed by atoms with van der Waals surface area (Å²) in [5, 5.41) is 12.2. The van der Waals surface area contributed by atoms with E-state index in [1.54, 1.807) is 13.0 Å². The number of hydrogen-bond donors (Lipinski definition) is 2. The molecule has 2 N–H and O–H groups in total. The standard InChI is InChI=1S/C21H22N2O5/c1-12-9-15(18-17(20(24)25)13(2)22-21(26)23-18)10-16(27-3)19(12)28-11-14-7-5-4-6-8-14/h4-10,17-18H,11H2,1-3H3,(H,23,26)(H,24,25). The number of urea groups is 1. The van der Waals surface area contributed by atoms with Gasteiger partial charge >= 0.3 is 12.0 Å². The fourth-order valence-corrected chi connectivity index (χ4v) is 3.33. The normalized spacial score (nSPS) is 18.8. The van der Waals surface area contributed by atoms with Crippen LogP contribution in [0, 0.1) is 12.8 Å². The van der Waals surface area contributed by atoms with Crippen molar-refractivity contribution >= 4 is 17.7 Å². The SMILES string of the molecule is COc1cc(C2NC(=O)N=C(C)C2C(=O)O)cc(C)c1OCc1ccccc1. The highest BCUT2D eigenvalue weighted by Gasteiger charge is 2.37. The van der Waals surface area contributed by atoms with Crippen LogP contribution in [0.1, 0.15) is 29.7 Å². The maximum Gasteiger partial charge on any atom is 0.341 e. The monoisotopic (exact) mass is 382 g/mol. The highest BCUT2D eigenvalue weighted by atomic mass is 16.5. The predicted molar refractivity (Wildman–Crippen MR) is 104 cm³/mol. The van der Waals surface area contributed by atoms with Crippen molar-refractivity contribution in [2.45, 2.75) is 26.5 Å². The second-order valence-electron chi connectivity index (χ2n) is 6.64. The molecule has 0 aliphatic carbocycles. The summed E-state index contributed by atoms with van der Waals surface area (Å²) in [6.45, 7) is 3.78. The van der Waals surface area contributed by atoms with Gasteiger partial charge in [0.2, 0.25) is 0 Å². The Hall–Kier alpha value is -3.35. The van der Waals surface area contributed by atoms with Gasteiger partial charge in [-0.3, -0.25) is 4.79 Å². The van der Waals surface area contributed by atoms with Crippen molar-refractivity contribution in [3.05, 3.63) is 59.2 Å². The van der Waals surface area contributed by atoms with E-state index in [4.69, 9.17) is 9.47 Å². The van der Waals surface area contributed by atoms with E-state index >= 15 is 0 Å². The third-order valence-electron chi connectivity index (χ3n) is 4.67. The van der Waals surface area contributed by atoms with Crippen molar-refractivity contribution in [3.63, 3.8) is 0 Å². The van der Waals surface area contributed by atoms with Gasteiger partial charge in [-0.1, -0.05) is 36.4 Å². The summed E-state index contributed by atoms with van der Waals surface area (Å²) in [6, 6.07) is 12.0. The lowest BCUT2D eigenvalue weighted by Gasteiger charge is -2.29. The zero-order chi connectivity index (χ0) is 20.3. The first-order valence-electron chi connectivity index (χ1n) is 8.84. The number of methoxy groups -OCH3 is 1. The molecule has 3 rings (SSSR count). The summed E-state index contributed by atoms with van der Waals surface area (Å²) < 4.78 is 11.4. The lowest BCUT2D eigenvalue weighted by atomic mass is 9.87. The van der Waals surface area contributed by atoms with E-state index in [0.29, 0.717) is 23.7 Å². The van der Waals surface area contributed by atoms with Crippen LogP contribution in [0.2, 0.25) is 0 Å². The fourth-order valence-electron chi connectivity index (χ4n) is 3.33. The summed E-state index contributed by atoms with van der Waals surface area (Å²) in [6.07, 6.45) is 0. The van der Waals surface area contributed by atoms with E-state index in [-0.39, 0.29) is 5.71 Å². The van der Waals surface area contributed by atoms with Crippen molar-refractivity contribution in [1.82, 2.24) is 5.32 Å². The molecule has 2 atom stereocenters. The van der Waals surface area contributed by atoms with Crippen LogP contribution in [0.15, 0.2) is 47.5 Å². The Kier molecular flexibility index (Phi) is 5.63. The number of nitrogens with zero attached hydrogens (tertiary/aromatic N) is 1. The zero-order valence-corrected chi connectivity index (χ0v) is 15.9. The molecule has 28 heavy (non-hydrogen) atoms. The number of carboxylic acid groups (broad SMARTS) is 1. The van der Waals surface area contributed by atoms with Crippen molar-refractivity contribution in [1.29, 1.82) is 0 Å². The number of aliphatic carboxylic acids is 1. The molecule has 0 aromatic heterocycles. The Balaban J connectivity index is 1.93. The Morgan fingerprint density at radius 2 is 1.93 bits per heavy atom. The summed E-state index contributed by atoms with van der Waals surface area (Å²) in [7, 11) is 1.52. The summed E-state index contributed by atoms with van der Waals surface area (Å²) in [4.78, 5) is 27.3. The van der Waals surface area contributed by atoms with E-state index in [9.17, 15) is 14.7 Å². The molecule has 146 valence electrons. The Labute approximate surface area is 163 Å². The summed E-state index contributed by atoms with van der Waals surface area (Å²) in [5.74, 6) is -0.941. The van der Waals surface area contributed by atoms with Crippen molar-refractivity contribution in [2.75, 3.05) is 7.11 Å². The van der Waals surface area contributed by atoms with Gasteiger partial charge < -0.3 is 19.9 Å². The third kappa shape index (κ3) is 3.98. The number of carboxylic acids is 1. The van der Waals surface area contributed by atoms with Gasteiger partial charge in [0.1, 0.15) is 12.5 Å². The molecule has 0 fully saturated rings. The van der Waals surface area contributed by atoms with E-state index in [1.165, 1.54) is 7.11 Å². The van der Waals surface area contributed by atoms with Gasteiger partial charge in [-0.05, 0) is 36.6 Å².